The molecular formula is C15H16O3. The molecule has 0 saturated heterocycles. The summed E-state index contributed by atoms with van der Waals surface area (Å²) in [4.78, 5) is 12.0. The molecule has 0 unspecified atom stereocenters. The zero-order valence-corrected chi connectivity index (χ0v) is 10.2. The van der Waals surface area contributed by atoms with E-state index in [0.717, 1.165) is 42.2 Å². The fourth-order valence-corrected chi connectivity index (χ4v) is 2.79. The van der Waals surface area contributed by atoms with Crippen molar-refractivity contribution in [2.45, 2.75) is 38.5 Å². The van der Waals surface area contributed by atoms with E-state index in [1.54, 1.807) is 6.07 Å². The van der Waals surface area contributed by atoms with Crippen LogP contribution in [0.5, 0.6) is 5.75 Å². The van der Waals surface area contributed by atoms with Crippen molar-refractivity contribution >= 4 is 11.0 Å². The summed E-state index contributed by atoms with van der Waals surface area (Å²) in [6.07, 6.45) is 6.33. The van der Waals surface area contributed by atoms with Gasteiger partial charge in [0.15, 0.2) is 0 Å². The molecule has 2 aromatic rings. The molecule has 3 nitrogen and oxygen atoms in total. The molecule has 1 aliphatic carbocycles. The predicted molar refractivity (Wildman–Crippen MR) is 70.0 cm³/mol. The second-order valence-electron chi connectivity index (χ2n) is 4.94. The second kappa shape index (κ2) is 4.48. The molecule has 0 aliphatic heterocycles. The van der Waals surface area contributed by atoms with Gasteiger partial charge in [0, 0.05) is 17.0 Å². The molecule has 1 heterocycles. The first-order chi connectivity index (χ1) is 8.75. The van der Waals surface area contributed by atoms with Gasteiger partial charge in [-0.3, -0.25) is 0 Å². The largest absolute Gasteiger partial charge is 0.508 e. The number of fused-ring (bicyclic) bond motifs is 3. The third-order valence-electron chi connectivity index (χ3n) is 3.71. The van der Waals surface area contributed by atoms with Crippen LogP contribution in [0.4, 0.5) is 0 Å². The predicted octanol–water partition coefficient (Wildman–Crippen LogP) is 3.16. The number of rotatable bonds is 0. The summed E-state index contributed by atoms with van der Waals surface area (Å²) in [5, 5.41) is 10.4. The number of hydrogen-bond donors (Lipinski definition) is 1. The highest BCUT2D eigenvalue weighted by Gasteiger charge is 2.16. The molecule has 1 aliphatic rings. The van der Waals surface area contributed by atoms with Crippen LogP contribution in [0.25, 0.3) is 11.0 Å². The lowest BCUT2D eigenvalue weighted by atomic mass is 9.92. The van der Waals surface area contributed by atoms with Crippen LogP contribution in [0.3, 0.4) is 0 Å². The first-order valence-electron chi connectivity index (χ1n) is 6.53. The Kier molecular flexibility index (Phi) is 2.82. The topological polar surface area (TPSA) is 50.4 Å². The van der Waals surface area contributed by atoms with Gasteiger partial charge in [-0.2, -0.15) is 0 Å². The summed E-state index contributed by atoms with van der Waals surface area (Å²) in [5.41, 5.74) is 2.23. The van der Waals surface area contributed by atoms with E-state index in [-0.39, 0.29) is 11.4 Å². The van der Waals surface area contributed by atoms with Crippen LogP contribution >= 0.6 is 0 Å². The molecule has 0 radical (unpaired) electrons. The molecule has 0 amide bonds. The normalized spacial score (nSPS) is 16.0. The Morgan fingerprint density at radius 1 is 1.00 bits per heavy atom. The molecule has 3 rings (SSSR count). The van der Waals surface area contributed by atoms with Crippen LogP contribution in [0.1, 0.15) is 36.8 Å². The summed E-state index contributed by atoms with van der Waals surface area (Å²) in [6.45, 7) is 0. The Bertz CT molecular complexity index is 640. The lowest BCUT2D eigenvalue weighted by molar-refractivity contribution is 0.472. The fraction of sp³-hybridized carbons (Fsp3) is 0.400. The maximum Gasteiger partial charge on any atom is 0.339 e. The van der Waals surface area contributed by atoms with E-state index in [2.05, 4.69) is 0 Å². The van der Waals surface area contributed by atoms with Crippen LogP contribution < -0.4 is 5.63 Å². The quantitative estimate of drug-likeness (QED) is 0.724. The molecular weight excluding hydrogens is 228 g/mol. The van der Waals surface area contributed by atoms with Gasteiger partial charge in [-0.15, -0.1) is 0 Å². The van der Waals surface area contributed by atoms with E-state index in [1.165, 1.54) is 18.9 Å². The molecule has 3 heteroatoms. The number of phenols is 1. The van der Waals surface area contributed by atoms with Gasteiger partial charge in [0.25, 0.3) is 0 Å². The third-order valence-corrected chi connectivity index (χ3v) is 3.71. The minimum atomic E-state index is -0.231. The van der Waals surface area contributed by atoms with Gasteiger partial charge in [-0.25, -0.2) is 4.79 Å². The Balaban J connectivity index is 2.29. The van der Waals surface area contributed by atoms with Crippen molar-refractivity contribution in [3.63, 3.8) is 0 Å². The maximum absolute atomic E-state index is 12.0. The molecule has 1 N–H and O–H groups in total. The lowest BCUT2D eigenvalue weighted by Gasteiger charge is -2.14. The van der Waals surface area contributed by atoms with Crippen molar-refractivity contribution in [1.29, 1.82) is 0 Å². The van der Waals surface area contributed by atoms with Gasteiger partial charge in [0.2, 0.25) is 0 Å². The Hall–Kier alpha value is -1.77. The molecule has 94 valence electrons. The lowest BCUT2D eigenvalue weighted by Crippen LogP contribution is -2.13. The van der Waals surface area contributed by atoms with Crippen LogP contribution in [0.2, 0.25) is 0 Å². The standard InChI is InChI=1S/C15H16O3/c16-10-7-8-12-11-5-3-1-2-4-6-13(11)15(17)18-14(12)9-10/h7-9,16H,1-6H2. The van der Waals surface area contributed by atoms with E-state index in [1.807, 2.05) is 6.07 Å². The highest BCUT2D eigenvalue weighted by Crippen LogP contribution is 2.27. The van der Waals surface area contributed by atoms with Crippen molar-refractivity contribution in [3.05, 3.63) is 39.7 Å². The Morgan fingerprint density at radius 3 is 2.50 bits per heavy atom. The van der Waals surface area contributed by atoms with E-state index < -0.39 is 0 Å². The van der Waals surface area contributed by atoms with E-state index in [4.69, 9.17) is 4.42 Å². The highest BCUT2D eigenvalue weighted by molar-refractivity contribution is 5.82. The Morgan fingerprint density at radius 2 is 1.72 bits per heavy atom. The van der Waals surface area contributed by atoms with Gasteiger partial charge >= 0.3 is 5.63 Å². The van der Waals surface area contributed by atoms with Gasteiger partial charge in [0.05, 0.1) is 0 Å². The minimum Gasteiger partial charge on any atom is -0.508 e. The van der Waals surface area contributed by atoms with E-state index >= 15 is 0 Å². The summed E-state index contributed by atoms with van der Waals surface area (Å²) in [6, 6.07) is 5.03. The average Bonchev–Trinajstić information content (AvgIpc) is 2.29. The average molecular weight is 244 g/mol. The van der Waals surface area contributed by atoms with Crippen molar-refractivity contribution in [2.24, 2.45) is 0 Å². The van der Waals surface area contributed by atoms with Crippen LogP contribution in [0, 0.1) is 0 Å². The van der Waals surface area contributed by atoms with E-state index in [0.29, 0.717) is 5.58 Å². The van der Waals surface area contributed by atoms with Crippen molar-refractivity contribution in [3.8, 4) is 5.75 Å². The number of benzene rings is 1. The van der Waals surface area contributed by atoms with Gasteiger partial charge in [-0.05, 0) is 43.4 Å². The molecule has 0 saturated carbocycles. The number of hydrogen-bond acceptors (Lipinski definition) is 3. The molecule has 1 aromatic carbocycles. The summed E-state index contributed by atoms with van der Waals surface area (Å²) >= 11 is 0. The van der Waals surface area contributed by atoms with E-state index in [9.17, 15) is 9.90 Å². The molecule has 0 atom stereocenters. The summed E-state index contributed by atoms with van der Waals surface area (Å²) in [5.74, 6) is 0.136. The summed E-state index contributed by atoms with van der Waals surface area (Å²) in [7, 11) is 0. The molecule has 1 aromatic heterocycles. The Labute approximate surface area is 105 Å². The van der Waals surface area contributed by atoms with Crippen LogP contribution in [0.15, 0.2) is 27.4 Å². The van der Waals surface area contributed by atoms with Crippen molar-refractivity contribution in [2.75, 3.05) is 0 Å². The highest BCUT2D eigenvalue weighted by atomic mass is 16.4. The van der Waals surface area contributed by atoms with Gasteiger partial charge in [-0.1, -0.05) is 12.8 Å². The van der Waals surface area contributed by atoms with Gasteiger partial charge < -0.3 is 9.52 Å². The maximum atomic E-state index is 12.0. The zero-order chi connectivity index (χ0) is 12.5. The molecule has 0 spiro atoms. The SMILES string of the molecule is O=c1oc2cc(O)ccc2c2c1CCCCCC2. The minimum absolute atomic E-state index is 0.136. The zero-order valence-electron chi connectivity index (χ0n) is 10.2. The fourth-order valence-electron chi connectivity index (χ4n) is 2.79. The van der Waals surface area contributed by atoms with Crippen LogP contribution in [-0.2, 0) is 12.8 Å². The monoisotopic (exact) mass is 244 g/mol. The van der Waals surface area contributed by atoms with Crippen LogP contribution in [-0.4, -0.2) is 5.11 Å². The molecule has 18 heavy (non-hydrogen) atoms. The summed E-state index contributed by atoms with van der Waals surface area (Å²) < 4.78 is 5.32. The van der Waals surface area contributed by atoms with Gasteiger partial charge in [0.1, 0.15) is 11.3 Å². The molecule has 0 fully saturated rings. The second-order valence-corrected chi connectivity index (χ2v) is 4.94. The first kappa shape index (κ1) is 11.3. The van der Waals surface area contributed by atoms with Crippen molar-refractivity contribution in [1.82, 2.24) is 0 Å². The molecule has 0 bridgehead atoms. The first-order valence-corrected chi connectivity index (χ1v) is 6.53. The number of phenolic OH excluding ortho intramolecular Hbond substituents is 1. The third kappa shape index (κ3) is 1.90. The number of aryl methyl sites for hydroxylation is 1. The number of aromatic hydroxyl groups is 1. The van der Waals surface area contributed by atoms with Crippen molar-refractivity contribution < 1.29 is 9.52 Å². The smallest absolute Gasteiger partial charge is 0.339 e.